The third-order valence-corrected chi connectivity index (χ3v) is 5.09. The lowest BCUT2D eigenvalue weighted by Crippen LogP contribution is -2.14. The van der Waals surface area contributed by atoms with Gasteiger partial charge in [0.05, 0.1) is 10.7 Å². The first-order chi connectivity index (χ1) is 12.7. The molecule has 26 heavy (non-hydrogen) atoms. The van der Waals surface area contributed by atoms with Gasteiger partial charge in [0.1, 0.15) is 0 Å². The van der Waals surface area contributed by atoms with Gasteiger partial charge >= 0.3 is 0 Å². The van der Waals surface area contributed by atoms with E-state index in [9.17, 15) is 4.79 Å². The van der Waals surface area contributed by atoms with Crippen molar-refractivity contribution in [3.05, 3.63) is 71.2 Å². The Hall–Kier alpha value is -2.92. The van der Waals surface area contributed by atoms with Crippen LogP contribution in [0.3, 0.4) is 0 Å². The van der Waals surface area contributed by atoms with Crippen LogP contribution in [0, 0.1) is 6.92 Å². The number of amides is 1. The molecular weight excluding hydrogens is 342 g/mol. The summed E-state index contributed by atoms with van der Waals surface area (Å²) in [6.45, 7) is 2.65. The minimum atomic E-state index is 0.00869. The Morgan fingerprint density at radius 3 is 2.88 bits per heavy atom. The van der Waals surface area contributed by atoms with E-state index in [0.29, 0.717) is 13.0 Å². The van der Waals surface area contributed by atoms with Crippen molar-refractivity contribution < 1.29 is 4.79 Å². The first-order valence-corrected chi connectivity index (χ1v) is 9.43. The fourth-order valence-corrected chi connectivity index (χ4v) is 3.66. The third-order valence-electron chi connectivity index (χ3n) is 4.32. The van der Waals surface area contributed by atoms with E-state index in [1.54, 1.807) is 11.3 Å². The van der Waals surface area contributed by atoms with Crippen LogP contribution in [-0.4, -0.2) is 15.5 Å². The maximum absolute atomic E-state index is 12.4. The molecule has 0 unspecified atom stereocenters. The minimum absolute atomic E-state index is 0.00869. The van der Waals surface area contributed by atoms with Crippen molar-refractivity contribution in [3.63, 3.8) is 0 Å². The van der Waals surface area contributed by atoms with Crippen molar-refractivity contribution in [1.82, 2.24) is 9.55 Å². The van der Waals surface area contributed by atoms with Gasteiger partial charge in [-0.2, -0.15) is 0 Å². The van der Waals surface area contributed by atoms with Crippen LogP contribution in [-0.2, 0) is 11.3 Å². The molecule has 0 saturated carbocycles. The predicted molar refractivity (Wildman–Crippen MR) is 107 cm³/mol. The number of nitrogens with zero attached hydrogens (tertiary/aromatic N) is 2. The van der Waals surface area contributed by atoms with Gasteiger partial charge in [-0.05, 0) is 36.6 Å². The summed E-state index contributed by atoms with van der Waals surface area (Å²) < 4.78 is 2.11. The molecule has 4 nitrogen and oxygen atoms in total. The lowest BCUT2D eigenvalue weighted by molar-refractivity contribution is -0.116. The molecule has 2 aromatic heterocycles. The van der Waals surface area contributed by atoms with Gasteiger partial charge in [0.15, 0.2) is 0 Å². The smallest absolute Gasteiger partial charge is 0.226 e. The zero-order valence-electron chi connectivity index (χ0n) is 14.5. The van der Waals surface area contributed by atoms with Gasteiger partial charge < -0.3 is 9.88 Å². The van der Waals surface area contributed by atoms with Gasteiger partial charge in [-0.3, -0.25) is 4.79 Å². The summed E-state index contributed by atoms with van der Waals surface area (Å²) in [5.41, 5.74) is 3.92. The number of rotatable bonds is 5. The van der Waals surface area contributed by atoms with Crippen molar-refractivity contribution in [2.45, 2.75) is 19.9 Å². The number of anilines is 1. The number of thiazole rings is 1. The van der Waals surface area contributed by atoms with E-state index in [0.717, 1.165) is 27.5 Å². The molecule has 1 amide bonds. The quantitative estimate of drug-likeness (QED) is 0.537. The molecule has 1 N–H and O–H groups in total. The molecule has 0 aliphatic heterocycles. The molecule has 0 radical (unpaired) electrons. The molecule has 5 heteroatoms. The number of hydrogen-bond acceptors (Lipinski definition) is 3. The molecule has 4 aromatic rings. The Bertz CT molecular complexity index is 1060. The van der Waals surface area contributed by atoms with E-state index >= 15 is 0 Å². The van der Waals surface area contributed by atoms with Gasteiger partial charge in [-0.1, -0.05) is 30.3 Å². The summed E-state index contributed by atoms with van der Waals surface area (Å²) in [4.78, 5) is 16.9. The molecule has 2 aromatic carbocycles. The summed E-state index contributed by atoms with van der Waals surface area (Å²) in [5, 5.41) is 7.26. The topological polar surface area (TPSA) is 46.9 Å². The van der Waals surface area contributed by atoms with E-state index < -0.39 is 0 Å². The highest BCUT2D eigenvalue weighted by atomic mass is 32.1. The molecule has 4 rings (SSSR count). The molecule has 0 aliphatic rings. The highest BCUT2D eigenvalue weighted by Crippen LogP contribution is 2.24. The normalized spacial score (nSPS) is 11.0. The Balaban J connectivity index is 1.42. The van der Waals surface area contributed by atoms with Gasteiger partial charge in [0.25, 0.3) is 0 Å². The first kappa shape index (κ1) is 16.5. The summed E-state index contributed by atoms with van der Waals surface area (Å²) >= 11 is 1.63. The Labute approximate surface area is 156 Å². The Morgan fingerprint density at radius 1 is 1.15 bits per heavy atom. The number of aromatic nitrogens is 2. The lowest BCUT2D eigenvalue weighted by atomic mass is 10.1. The molecule has 0 aliphatic carbocycles. The van der Waals surface area contributed by atoms with Crippen LogP contribution < -0.4 is 5.32 Å². The average molecular weight is 361 g/mol. The monoisotopic (exact) mass is 361 g/mol. The molecule has 0 spiro atoms. The van der Waals surface area contributed by atoms with Gasteiger partial charge in [0.2, 0.25) is 5.91 Å². The molecule has 2 heterocycles. The van der Waals surface area contributed by atoms with Crippen LogP contribution in [0.2, 0.25) is 0 Å². The van der Waals surface area contributed by atoms with E-state index in [2.05, 4.69) is 33.1 Å². The van der Waals surface area contributed by atoms with E-state index in [-0.39, 0.29) is 5.91 Å². The van der Waals surface area contributed by atoms with Crippen LogP contribution >= 0.6 is 11.3 Å². The van der Waals surface area contributed by atoms with Crippen molar-refractivity contribution >= 4 is 33.8 Å². The minimum Gasteiger partial charge on any atom is -0.347 e. The number of nitrogens with one attached hydrogen (secondary N) is 1. The van der Waals surface area contributed by atoms with Crippen LogP contribution in [0.4, 0.5) is 5.69 Å². The predicted octanol–water partition coefficient (Wildman–Crippen LogP) is 5.10. The van der Waals surface area contributed by atoms with E-state index in [1.807, 2.05) is 54.9 Å². The largest absolute Gasteiger partial charge is 0.347 e. The second-order valence-electron chi connectivity index (χ2n) is 6.20. The molecule has 0 bridgehead atoms. The summed E-state index contributed by atoms with van der Waals surface area (Å²) in [6.07, 6.45) is 2.46. The third kappa shape index (κ3) is 3.53. The van der Waals surface area contributed by atoms with Gasteiger partial charge in [0, 0.05) is 41.3 Å². The summed E-state index contributed by atoms with van der Waals surface area (Å²) in [6, 6.07) is 18.1. The van der Waals surface area contributed by atoms with Crippen molar-refractivity contribution in [3.8, 4) is 11.3 Å². The zero-order chi connectivity index (χ0) is 17.9. The first-order valence-electron chi connectivity index (χ1n) is 8.55. The second-order valence-corrected chi connectivity index (χ2v) is 7.26. The maximum Gasteiger partial charge on any atom is 0.226 e. The zero-order valence-corrected chi connectivity index (χ0v) is 15.3. The maximum atomic E-state index is 12.4. The molecule has 0 fully saturated rings. The van der Waals surface area contributed by atoms with Crippen molar-refractivity contribution in [2.24, 2.45) is 0 Å². The number of benzene rings is 2. The summed E-state index contributed by atoms with van der Waals surface area (Å²) in [7, 11) is 0. The van der Waals surface area contributed by atoms with E-state index in [1.165, 1.54) is 5.39 Å². The van der Waals surface area contributed by atoms with Crippen molar-refractivity contribution in [2.75, 3.05) is 5.32 Å². The highest BCUT2D eigenvalue weighted by molar-refractivity contribution is 7.09. The number of aryl methyl sites for hydroxylation is 2. The average Bonchev–Trinajstić information content (AvgIpc) is 3.26. The number of hydrogen-bond donors (Lipinski definition) is 1. The Morgan fingerprint density at radius 2 is 2.04 bits per heavy atom. The van der Waals surface area contributed by atoms with Gasteiger partial charge in [-0.15, -0.1) is 11.3 Å². The number of para-hydroxylation sites is 1. The number of carbonyl (C=O) groups excluding carboxylic acids is 1. The van der Waals surface area contributed by atoms with Gasteiger partial charge in [-0.25, -0.2) is 4.98 Å². The molecular formula is C21H19N3OS. The lowest BCUT2D eigenvalue weighted by Gasteiger charge is -2.08. The van der Waals surface area contributed by atoms with Crippen LogP contribution in [0.5, 0.6) is 0 Å². The van der Waals surface area contributed by atoms with Crippen LogP contribution in [0.1, 0.15) is 11.4 Å². The SMILES string of the molecule is Cc1nc(-c2cccc(NC(=O)CCn3ccc4ccccc43)c2)cs1. The fraction of sp³-hybridized carbons (Fsp3) is 0.143. The number of fused-ring (bicyclic) bond motifs is 1. The standard InChI is InChI=1S/C21H19N3OS/c1-15-22-19(14-26-15)17-6-4-7-18(13-17)23-21(25)10-12-24-11-9-16-5-2-3-8-20(16)24/h2-9,11,13-14H,10,12H2,1H3,(H,23,25). The van der Waals surface area contributed by atoms with Crippen molar-refractivity contribution in [1.29, 1.82) is 0 Å². The molecule has 0 atom stereocenters. The Kier molecular flexibility index (Phi) is 4.54. The second kappa shape index (κ2) is 7.14. The summed E-state index contributed by atoms with van der Waals surface area (Å²) in [5.74, 6) is 0.00869. The highest BCUT2D eigenvalue weighted by Gasteiger charge is 2.07. The fourth-order valence-electron chi connectivity index (χ4n) is 3.03. The number of carbonyl (C=O) groups is 1. The van der Waals surface area contributed by atoms with Crippen LogP contribution in [0.15, 0.2) is 66.2 Å². The molecule has 0 saturated heterocycles. The van der Waals surface area contributed by atoms with Crippen LogP contribution in [0.25, 0.3) is 22.2 Å². The van der Waals surface area contributed by atoms with E-state index in [4.69, 9.17) is 0 Å². The molecule has 130 valence electrons.